The average molecular weight is 235 g/mol. The number of nitrogens with zero attached hydrogens (tertiary/aromatic N) is 2. The van der Waals surface area contributed by atoms with E-state index in [0.717, 1.165) is 13.0 Å². The fourth-order valence-electron chi connectivity index (χ4n) is 2.62. The molecule has 1 fully saturated rings. The van der Waals surface area contributed by atoms with E-state index >= 15 is 0 Å². The molecular formula is C14H25N3. The number of aromatic nitrogens is 2. The Kier molecular flexibility index (Phi) is 3.87. The molecule has 1 aliphatic rings. The maximum atomic E-state index is 4.35. The molecule has 1 aromatic rings. The van der Waals surface area contributed by atoms with Crippen LogP contribution in [-0.4, -0.2) is 22.6 Å². The number of nitrogens with one attached hydrogen (secondary N) is 1. The van der Waals surface area contributed by atoms with E-state index in [-0.39, 0.29) is 0 Å². The van der Waals surface area contributed by atoms with Crippen molar-refractivity contribution in [3.63, 3.8) is 0 Å². The first-order valence-electron chi connectivity index (χ1n) is 6.78. The van der Waals surface area contributed by atoms with E-state index in [9.17, 15) is 0 Å². The first-order valence-corrected chi connectivity index (χ1v) is 6.78. The third-order valence-corrected chi connectivity index (χ3v) is 3.40. The van der Waals surface area contributed by atoms with Crippen LogP contribution in [0.2, 0.25) is 0 Å². The van der Waals surface area contributed by atoms with Crippen molar-refractivity contribution in [2.45, 2.75) is 52.5 Å². The molecule has 2 heterocycles. The fraction of sp³-hybridized carbons (Fsp3) is 0.786. The largest absolute Gasteiger partial charge is 0.331 e. The SMILES string of the molecule is CC(C)(C)Cc1cncn1C1CCCNCC1. The van der Waals surface area contributed by atoms with Crippen LogP contribution < -0.4 is 5.32 Å². The summed E-state index contributed by atoms with van der Waals surface area (Å²) in [5, 5.41) is 3.47. The zero-order valence-electron chi connectivity index (χ0n) is 11.4. The molecule has 0 aliphatic carbocycles. The molecule has 0 saturated carbocycles. The minimum atomic E-state index is 0.334. The van der Waals surface area contributed by atoms with Gasteiger partial charge in [-0.1, -0.05) is 20.8 Å². The Balaban J connectivity index is 2.11. The van der Waals surface area contributed by atoms with Crippen molar-refractivity contribution < 1.29 is 0 Å². The molecule has 96 valence electrons. The van der Waals surface area contributed by atoms with Gasteiger partial charge in [-0.05, 0) is 44.2 Å². The molecule has 1 saturated heterocycles. The van der Waals surface area contributed by atoms with Crippen LogP contribution >= 0.6 is 0 Å². The predicted molar refractivity (Wildman–Crippen MR) is 71.1 cm³/mol. The van der Waals surface area contributed by atoms with Crippen LogP contribution in [0.5, 0.6) is 0 Å². The molecule has 17 heavy (non-hydrogen) atoms. The number of hydrogen-bond donors (Lipinski definition) is 1. The number of hydrogen-bond acceptors (Lipinski definition) is 2. The lowest BCUT2D eigenvalue weighted by Gasteiger charge is -2.23. The predicted octanol–water partition coefficient (Wildman–Crippen LogP) is 2.79. The summed E-state index contributed by atoms with van der Waals surface area (Å²) in [7, 11) is 0. The summed E-state index contributed by atoms with van der Waals surface area (Å²) in [6.07, 6.45) is 8.96. The van der Waals surface area contributed by atoms with E-state index < -0.39 is 0 Å². The molecule has 1 aliphatic heterocycles. The van der Waals surface area contributed by atoms with E-state index in [1.165, 1.54) is 31.5 Å². The van der Waals surface area contributed by atoms with Gasteiger partial charge in [-0.2, -0.15) is 0 Å². The van der Waals surface area contributed by atoms with Gasteiger partial charge in [0.1, 0.15) is 0 Å². The smallest absolute Gasteiger partial charge is 0.0950 e. The van der Waals surface area contributed by atoms with Gasteiger partial charge in [0, 0.05) is 17.9 Å². The van der Waals surface area contributed by atoms with Crippen LogP contribution in [0.15, 0.2) is 12.5 Å². The first kappa shape index (κ1) is 12.6. The Hall–Kier alpha value is -0.830. The van der Waals surface area contributed by atoms with Gasteiger partial charge in [0.25, 0.3) is 0 Å². The molecule has 0 spiro atoms. The number of rotatable bonds is 2. The van der Waals surface area contributed by atoms with Gasteiger partial charge in [-0.25, -0.2) is 4.98 Å². The third kappa shape index (κ3) is 3.56. The molecule has 1 atom stereocenters. The number of imidazole rings is 1. The maximum Gasteiger partial charge on any atom is 0.0950 e. The summed E-state index contributed by atoms with van der Waals surface area (Å²) in [5.74, 6) is 0. The van der Waals surface area contributed by atoms with E-state index in [2.05, 4.69) is 35.6 Å². The van der Waals surface area contributed by atoms with Crippen molar-refractivity contribution in [1.82, 2.24) is 14.9 Å². The van der Waals surface area contributed by atoms with Crippen LogP contribution in [0.3, 0.4) is 0 Å². The minimum absolute atomic E-state index is 0.334. The summed E-state index contributed by atoms with van der Waals surface area (Å²) in [6.45, 7) is 9.18. The van der Waals surface area contributed by atoms with Gasteiger partial charge in [0.05, 0.1) is 6.33 Å². The van der Waals surface area contributed by atoms with Gasteiger partial charge in [-0.3, -0.25) is 0 Å². The van der Waals surface area contributed by atoms with Gasteiger partial charge in [0.2, 0.25) is 0 Å². The molecule has 3 nitrogen and oxygen atoms in total. The standard InChI is InChI=1S/C14H25N3/c1-14(2,3)9-13-10-16-11-17(13)12-5-4-7-15-8-6-12/h10-12,15H,4-9H2,1-3H3. The van der Waals surface area contributed by atoms with E-state index in [4.69, 9.17) is 0 Å². The summed E-state index contributed by atoms with van der Waals surface area (Å²) < 4.78 is 2.41. The molecule has 1 unspecified atom stereocenters. The molecule has 1 aromatic heterocycles. The lowest BCUT2D eigenvalue weighted by atomic mass is 9.90. The van der Waals surface area contributed by atoms with Crippen molar-refractivity contribution in [3.8, 4) is 0 Å². The quantitative estimate of drug-likeness (QED) is 0.854. The second-order valence-electron chi connectivity index (χ2n) is 6.36. The Morgan fingerprint density at radius 3 is 2.94 bits per heavy atom. The summed E-state index contributed by atoms with van der Waals surface area (Å²) in [5.41, 5.74) is 1.73. The van der Waals surface area contributed by atoms with Gasteiger partial charge in [-0.15, -0.1) is 0 Å². The average Bonchev–Trinajstić information content (AvgIpc) is 2.52. The molecule has 0 bridgehead atoms. The Labute approximate surface area is 105 Å². The Morgan fingerprint density at radius 2 is 2.18 bits per heavy atom. The van der Waals surface area contributed by atoms with Gasteiger partial charge >= 0.3 is 0 Å². The second-order valence-corrected chi connectivity index (χ2v) is 6.36. The normalized spacial score (nSPS) is 22.4. The zero-order chi connectivity index (χ0) is 12.3. The van der Waals surface area contributed by atoms with E-state index in [1.54, 1.807) is 0 Å². The topological polar surface area (TPSA) is 29.9 Å². The van der Waals surface area contributed by atoms with E-state index in [1.807, 2.05) is 12.5 Å². The highest BCUT2D eigenvalue weighted by atomic mass is 15.1. The summed E-state index contributed by atoms with van der Waals surface area (Å²) in [4.78, 5) is 4.35. The molecule has 3 heteroatoms. The van der Waals surface area contributed by atoms with Crippen molar-refractivity contribution in [1.29, 1.82) is 0 Å². The van der Waals surface area contributed by atoms with Crippen molar-refractivity contribution in [2.75, 3.05) is 13.1 Å². The van der Waals surface area contributed by atoms with Crippen molar-refractivity contribution in [3.05, 3.63) is 18.2 Å². The van der Waals surface area contributed by atoms with Crippen LogP contribution in [-0.2, 0) is 6.42 Å². The Bertz CT molecular complexity index is 341. The lowest BCUT2D eigenvalue weighted by Crippen LogP contribution is -2.18. The molecule has 2 rings (SSSR count). The molecule has 0 radical (unpaired) electrons. The van der Waals surface area contributed by atoms with Crippen molar-refractivity contribution in [2.24, 2.45) is 5.41 Å². The molecule has 0 amide bonds. The van der Waals surface area contributed by atoms with Gasteiger partial charge in [0.15, 0.2) is 0 Å². The monoisotopic (exact) mass is 235 g/mol. The summed E-state index contributed by atoms with van der Waals surface area (Å²) >= 11 is 0. The molecule has 1 N–H and O–H groups in total. The highest BCUT2D eigenvalue weighted by molar-refractivity contribution is 5.03. The van der Waals surface area contributed by atoms with Crippen LogP contribution in [0, 0.1) is 5.41 Å². The molecular weight excluding hydrogens is 210 g/mol. The Morgan fingerprint density at radius 1 is 1.35 bits per heavy atom. The first-order chi connectivity index (χ1) is 8.06. The van der Waals surface area contributed by atoms with Crippen molar-refractivity contribution >= 4 is 0 Å². The lowest BCUT2D eigenvalue weighted by molar-refractivity contribution is 0.375. The fourth-order valence-corrected chi connectivity index (χ4v) is 2.62. The van der Waals surface area contributed by atoms with E-state index in [0.29, 0.717) is 11.5 Å². The highest BCUT2D eigenvalue weighted by Crippen LogP contribution is 2.26. The minimum Gasteiger partial charge on any atom is -0.331 e. The van der Waals surface area contributed by atoms with Gasteiger partial charge < -0.3 is 9.88 Å². The summed E-state index contributed by atoms with van der Waals surface area (Å²) in [6, 6.07) is 0.643. The molecule has 0 aromatic carbocycles. The zero-order valence-corrected chi connectivity index (χ0v) is 11.4. The second kappa shape index (κ2) is 5.21. The van der Waals surface area contributed by atoms with Crippen LogP contribution in [0.1, 0.15) is 51.8 Å². The van der Waals surface area contributed by atoms with Crippen LogP contribution in [0.25, 0.3) is 0 Å². The maximum absolute atomic E-state index is 4.35. The third-order valence-electron chi connectivity index (χ3n) is 3.40. The highest BCUT2D eigenvalue weighted by Gasteiger charge is 2.19. The van der Waals surface area contributed by atoms with Crippen LogP contribution in [0.4, 0.5) is 0 Å².